The quantitative estimate of drug-likeness (QED) is 0.682. The van der Waals surface area contributed by atoms with Gasteiger partial charge in [-0.2, -0.15) is 0 Å². The summed E-state index contributed by atoms with van der Waals surface area (Å²) in [6.07, 6.45) is 4.01. The smallest absolute Gasteiger partial charge is 0.226 e. The minimum absolute atomic E-state index is 0.135. The Morgan fingerprint density at radius 3 is 2.61 bits per heavy atom. The summed E-state index contributed by atoms with van der Waals surface area (Å²) in [4.78, 5) is 12.3. The number of piperidine rings is 1. The molecule has 0 aromatic rings. The predicted molar refractivity (Wildman–Crippen MR) is 73.5 cm³/mol. The molecule has 0 aliphatic carbocycles. The molecule has 0 spiro atoms. The van der Waals surface area contributed by atoms with Crippen LogP contribution in [-0.2, 0) is 9.53 Å². The van der Waals surface area contributed by atoms with E-state index in [0.717, 1.165) is 51.9 Å². The summed E-state index contributed by atoms with van der Waals surface area (Å²) in [7, 11) is 0. The lowest BCUT2D eigenvalue weighted by atomic mass is 9.76. The van der Waals surface area contributed by atoms with Crippen LogP contribution < -0.4 is 10.6 Å². The highest BCUT2D eigenvalue weighted by atomic mass is 16.5. The molecule has 1 saturated heterocycles. The average Bonchev–Trinajstić information content (AvgIpc) is 2.38. The van der Waals surface area contributed by atoms with Gasteiger partial charge < -0.3 is 15.4 Å². The highest BCUT2D eigenvalue weighted by Crippen LogP contribution is 2.32. The van der Waals surface area contributed by atoms with Crippen LogP contribution >= 0.6 is 0 Å². The maximum atomic E-state index is 12.3. The molecule has 1 aliphatic rings. The minimum Gasteiger partial charge on any atom is -0.379 e. The van der Waals surface area contributed by atoms with Crippen molar-refractivity contribution in [3.63, 3.8) is 0 Å². The molecule has 18 heavy (non-hydrogen) atoms. The second-order valence-corrected chi connectivity index (χ2v) is 5.41. The standard InChI is InChI=1S/C14H28N2O2/c1-4-14(6-9-15-10-7-14)13(17)16-8-5-11-18-12(2)3/h12,15H,4-11H2,1-3H3,(H,16,17). The van der Waals surface area contributed by atoms with Gasteiger partial charge in [-0.3, -0.25) is 4.79 Å². The first kappa shape index (κ1) is 15.4. The van der Waals surface area contributed by atoms with Crippen molar-refractivity contribution in [3.05, 3.63) is 0 Å². The normalized spacial score (nSPS) is 18.9. The SMILES string of the molecule is CCC1(C(=O)NCCCOC(C)C)CCNCC1. The van der Waals surface area contributed by atoms with Crippen LogP contribution in [0.4, 0.5) is 0 Å². The molecule has 4 heteroatoms. The van der Waals surface area contributed by atoms with Crippen molar-refractivity contribution in [2.75, 3.05) is 26.2 Å². The fourth-order valence-corrected chi connectivity index (χ4v) is 2.43. The number of hydrogen-bond donors (Lipinski definition) is 2. The van der Waals surface area contributed by atoms with Gasteiger partial charge in [-0.25, -0.2) is 0 Å². The Balaban J connectivity index is 2.25. The Morgan fingerprint density at radius 1 is 1.39 bits per heavy atom. The van der Waals surface area contributed by atoms with Crippen molar-refractivity contribution in [3.8, 4) is 0 Å². The third-order valence-corrected chi connectivity index (χ3v) is 3.78. The van der Waals surface area contributed by atoms with Crippen LogP contribution in [0.25, 0.3) is 0 Å². The second-order valence-electron chi connectivity index (χ2n) is 5.41. The van der Waals surface area contributed by atoms with Crippen LogP contribution in [0.1, 0.15) is 46.5 Å². The van der Waals surface area contributed by atoms with Crippen LogP contribution in [0, 0.1) is 5.41 Å². The highest BCUT2D eigenvalue weighted by Gasteiger charge is 2.37. The lowest BCUT2D eigenvalue weighted by Crippen LogP contribution is -2.47. The molecule has 1 aliphatic heterocycles. The van der Waals surface area contributed by atoms with Gasteiger partial charge in [-0.15, -0.1) is 0 Å². The molecule has 0 aromatic carbocycles. The van der Waals surface area contributed by atoms with Crippen molar-refractivity contribution in [1.29, 1.82) is 0 Å². The number of ether oxygens (including phenoxy) is 1. The molecule has 1 rings (SSSR count). The molecular weight excluding hydrogens is 228 g/mol. The van der Waals surface area contributed by atoms with Gasteiger partial charge in [-0.1, -0.05) is 6.92 Å². The summed E-state index contributed by atoms with van der Waals surface area (Å²) in [6.45, 7) is 9.53. The van der Waals surface area contributed by atoms with E-state index in [4.69, 9.17) is 4.74 Å². The summed E-state index contributed by atoms with van der Waals surface area (Å²) >= 11 is 0. The van der Waals surface area contributed by atoms with Crippen molar-refractivity contribution in [2.45, 2.75) is 52.6 Å². The van der Waals surface area contributed by atoms with Crippen molar-refractivity contribution >= 4 is 5.91 Å². The number of hydrogen-bond acceptors (Lipinski definition) is 3. The maximum absolute atomic E-state index is 12.3. The first-order valence-corrected chi connectivity index (χ1v) is 7.21. The largest absolute Gasteiger partial charge is 0.379 e. The maximum Gasteiger partial charge on any atom is 0.226 e. The minimum atomic E-state index is -0.135. The molecule has 0 saturated carbocycles. The zero-order valence-electron chi connectivity index (χ0n) is 12.1. The fraction of sp³-hybridized carbons (Fsp3) is 0.929. The molecular formula is C14H28N2O2. The van der Waals surface area contributed by atoms with E-state index in [-0.39, 0.29) is 17.4 Å². The van der Waals surface area contributed by atoms with E-state index in [1.165, 1.54) is 0 Å². The van der Waals surface area contributed by atoms with Gasteiger partial charge in [-0.05, 0) is 52.6 Å². The van der Waals surface area contributed by atoms with E-state index < -0.39 is 0 Å². The monoisotopic (exact) mass is 256 g/mol. The molecule has 0 radical (unpaired) electrons. The van der Waals surface area contributed by atoms with Gasteiger partial charge in [0, 0.05) is 13.2 Å². The average molecular weight is 256 g/mol. The first-order chi connectivity index (χ1) is 8.60. The van der Waals surface area contributed by atoms with E-state index in [0.29, 0.717) is 0 Å². The molecule has 2 N–H and O–H groups in total. The Bertz CT molecular complexity index is 248. The van der Waals surface area contributed by atoms with Gasteiger partial charge in [0.25, 0.3) is 0 Å². The predicted octanol–water partition coefficient (Wildman–Crippen LogP) is 1.70. The molecule has 1 amide bonds. The molecule has 1 heterocycles. The third-order valence-electron chi connectivity index (χ3n) is 3.78. The van der Waals surface area contributed by atoms with Crippen LogP contribution in [0.2, 0.25) is 0 Å². The second kappa shape index (κ2) is 7.74. The van der Waals surface area contributed by atoms with E-state index in [9.17, 15) is 4.79 Å². The van der Waals surface area contributed by atoms with Gasteiger partial charge in [0.2, 0.25) is 5.91 Å². The van der Waals surface area contributed by atoms with Crippen LogP contribution in [0.15, 0.2) is 0 Å². The van der Waals surface area contributed by atoms with Crippen LogP contribution in [0.5, 0.6) is 0 Å². The number of amides is 1. The highest BCUT2D eigenvalue weighted by molar-refractivity contribution is 5.82. The molecule has 0 bridgehead atoms. The number of carbonyl (C=O) groups is 1. The summed E-state index contributed by atoms with van der Waals surface area (Å²) in [5, 5.41) is 6.39. The Morgan fingerprint density at radius 2 is 2.06 bits per heavy atom. The van der Waals surface area contributed by atoms with Crippen LogP contribution in [0.3, 0.4) is 0 Å². The third kappa shape index (κ3) is 4.58. The molecule has 0 atom stereocenters. The van der Waals surface area contributed by atoms with Crippen molar-refractivity contribution in [1.82, 2.24) is 10.6 Å². The van der Waals surface area contributed by atoms with Gasteiger partial charge >= 0.3 is 0 Å². The molecule has 4 nitrogen and oxygen atoms in total. The van der Waals surface area contributed by atoms with Gasteiger partial charge in [0.05, 0.1) is 11.5 Å². The lowest BCUT2D eigenvalue weighted by molar-refractivity contribution is -0.132. The van der Waals surface area contributed by atoms with Gasteiger partial charge in [0.15, 0.2) is 0 Å². The number of nitrogens with one attached hydrogen (secondary N) is 2. The molecule has 1 fully saturated rings. The molecule has 106 valence electrons. The summed E-state index contributed by atoms with van der Waals surface area (Å²) in [5.41, 5.74) is -0.135. The zero-order valence-corrected chi connectivity index (χ0v) is 12.1. The van der Waals surface area contributed by atoms with Crippen LogP contribution in [-0.4, -0.2) is 38.3 Å². The van der Waals surface area contributed by atoms with Gasteiger partial charge in [0.1, 0.15) is 0 Å². The Hall–Kier alpha value is -0.610. The summed E-state index contributed by atoms with van der Waals surface area (Å²) in [6, 6.07) is 0. The topological polar surface area (TPSA) is 50.4 Å². The summed E-state index contributed by atoms with van der Waals surface area (Å²) in [5.74, 6) is 0.232. The van der Waals surface area contributed by atoms with Crippen molar-refractivity contribution < 1.29 is 9.53 Å². The van der Waals surface area contributed by atoms with E-state index >= 15 is 0 Å². The van der Waals surface area contributed by atoms with E-state index in [1.807, 2.05) is 13.8 Å². The summed E-state index contributed by atoms with van der Waals surface area (Å²) < 4.78 is 5.46. The first-order valence-electron chi connectivity index (χ1n) is 7.21. The Labute approximate surface area is 111 Å². The Kier molecular flexibility index (Phi) is 6.65. The molecule has 0 unspecified atom stereocenters. The lowest BCUT2D eigenvalue weighted by Gasteiger charge is -2.35. The number of carbonyl (C=O) groups excluding carboxylic acids is 1. The van der Waals surface area contributed by atoms with E-state index in [1.54, 1.807) is 0 Å². The van der Waals surface area contributed by atoms with E-state index in [2.05, 4.69) is 17.6 Å². The number of rotatable bonds is 7. The molecule has 0 aromatic heterocycles. The zero-order chi connectivity index (χ0) is 13.4. The van der Waals surface area contributed by atoms with Crippen molar-refractivity contribution in [2.24, 2.45) is 5.41 Å². The fourth-order valence-electron chi connectivity index (χ4n) is 2.43.